The van der Waals surface area contributed by atoms with Gasteiger partial charge in [-0.25, -0.2) is 0 Å². The molecular formula is C19H25NO6. The fourth-order valence-corrected chi connectivity index (χ4v) is 3.82. The van der Waals surface area contributed by atoms with Crippen LogP contribution in [0.5, 0.6) is 11.5 Å². The summed E-state index contributed by atoms with van der Waals surface area (Å²) < 4.78 is 16.6. The topological polar surface area (TPSA) is 85.3 Å². The number of nitrogens with zero attached hydrogens (tertiary/aromatic N) is 1. The molecule has 1 aromatic rings. The maximum atomic E-state index is 13.0. The van der Waals surface area contributed by atoms with Crippen molar-refractivity contribution >= 4 is 11.9 Å². The number of amides is 1. The highest BCUT2D eigenvalue weighted by Crippen LogP contribution is 2.43. The summed E-state index contributed by atoms with van der Waals surface area (Å²) in [5, 5.41) is 9.75. The number of carboxylic acids is 1. The zero-order valence-corrected chi connectivity index (χ0v) is 15.2. The van der Waals surface area contributed by atoms with E-state index in [-0.39, 0.29) is 18.4 Å². The summed E-state index contributed by atoms with van der Waals surface area (Å²) in [5.41, 5.74) is -0.431. The molecule has 1 N–H and O–H groups in total. The van der Waals surface area contributed by atoms with Crippen molar-refractivity contribution in [2.45, 2.75) is 20.3 Å². The van der Waals surface area contributed by atoms with E-state index in [1.165, 1.54) is 0 Å². The number of fused-ring (bicyclic) bond motifs is 1. The third-order valence-corrected chi connectivity index (χ3v) is 5.21. The number of carbonyl (C=O) groups excluding carboxylic acids is 1. The van der Waals surface area contributed by atoms with Gasteiger partial charge >= 0.3 is 5.97 Å². The average Bonchev–Trinajstić information content (AvgIpc) is 3.04. The van der Waals surface area contributed by atoms with Crippen LogP contribution in [0, 0.1) is 11.3 Å². The molecule has 2 fully saturated rings. The minimum Gasteiger partial charge on any atom is -0.490 e. The Hall–Kier alpha value is -2.28. The van der Waals surface area contributed by atoms with Gasteiger partial charge in [-0.15, -0.1) is 0 Å². The smallest absolute Gasteiger partial charge is 0.311 e. The number of rotatable bonds is 6. The maximum absolute atomic E-state index is 13.0. The summed E-state index contributed by atoms with van der Waals surface area (Å²) in [6.45, 7) is 6.12. The molecule has 0 aliphatic carbocycles. The Labute approximate surface area is 152 Å². The lowest BCUT2D eigenvalue weighted by atomic mass is 9.74. The predicted octanol–water partition coefficient (Wildman–Crippen LogP) is 2.05. The molecule has 7 heteroatoms. The average molecular weight is 363 g/mol. The van der Waals surface area contributed by atoms with E-state index < -0.39 is 11.4 Å². The molecule has 26 heavy (non-hydrogen) atoms. The van der Waals surface area contributed by atoms with Gasteiger partial charge in [-0.1, -0.05) is 0 Å². The first-order chi connectivity index (χ1) is 12.5. The molecule has 142 valence electrons. The van der Waals surface area contributed by atoms with E-state index in [4.69, 9.17) is 14.2 Å². The lowest BCUT2D eigenvalue weighted by molar-refractivity contribution is -0.157. The van der Waals surface area contributed by atoms with Crippen molar-refractivity contribution in [1.82, 2.24) is 4.90 Å². The SMILES string of the molecule is CCOc1ccc(C(=O)N2C[C@H]3COCC[C@@]3(C(=O)O)C2)cc1OCC. The van der Waals surface area contributed by atoms with Crippen LogP contribution in [0.25, 0.3) is 0 Å². The highest BCUT2D eigenvalue weighted by Gasteiger charge is 2.54. The highest BCUT2D eigenvalue weighted by molar-refractivity contribution is 5.96. The standard InChI is InChI=1S/C19H25NO6/c1-3-25-15-6-5-13(9-16(15)26-4-2)17(21)20-10-14-11-24-8-7-19(14,12-20)18(22)23/h5-6,9,14H,3-4,7-8,10-12H2,1-2H3,(H,22,23)/t14-,19+/m0/s1. The van der Waals surface area contributed by atoms with E-state index in [1.54, 1.807) is 23.1 Å². The quantitative estimate of drug-likeness (QED) is 0.833. The molecule has 0 spiro atoms. The first-order valence-electron chi connectivity index (χ1n) is 9.02. The fraction of sp³-hybridized carbons (Fsp3) is 0.579. The second-order valence-electron chi connectivity index (χ2n) is 6.70. The van der Waals surface area contributed by atoms with Crippen LogP contribution in [0.2, 0.25) is 0 Å². The zero-order chi connectivity index (χ0) is 18.7. The Balaban J connectivity index is 1.83. The molecule has 2 aliphatic rings. The van der Waals surface area contributed by atoms with Gasteiger partial charge < -0.3 is 24.2 Å². The Bertz CT molecular complexity index is 691. The van der Waals surface area contributed by atoms with Crippen LogP contribution in [0.1, 0.15) is 30.6 Å². The van der Waals surface area contributed by atoms with Crippen LogP contribution in [-0.4, -0.2) is 61.4 Å². The van der Waals surface area contributed by atoms with Gasteiger partial charge in [0.25, 0.3) is 5.91 Å². The number of hydrogen-bond acceptors (Lipinski definition) is 5. The maximum Gasteiger partial charge on any atom is 0.311 e. The first-order valence-corrected chi connectivity index (χ1v) is 9.02. The molecule has 2 aliphatic heterocycles. The third-order valence-electron chi connectivity index (χ3n) is 5.21. The van der Waals surface area contributed by atoms with Gasteiger partial charge in [0.2, 0.25) is 0 Å². The van der Waals surface area contributed by atoms with Gasteiger partial charge in [0.1, 0.15) is 0 Å². The molecule has 0 saturated carbocycles. The second-order valence-corrected chi connectivity index (χ2v) is 6.70. The monoisotopic (exact) mass is 363 g/mol. The predicted molar refractivity (Wildman–Crippen MR) is 93.7 cm³/mol. The molecular weight excluding hydrogens is 338 g/mol. The van der Waals surface area contributed by atoms with Crippen LogP contribution >= 0.6 is 0 Å². The highest BCUT2D eigenvalue weighted by atomic mass is 16.5. The molecule has 1 amide bonds. The normalized spacial score (nSPS) is 24.8. The van der Waals surface area contributed by atoms with Crippen molar-refractivity contribution in [2.75, 3.05) is 39.5 Å². The van der Waals surface area contributed by atoms with Crippen LogP contribution in [-0.2, 0) is 9.53 Å². The zero-order valence-electron chi connectivity index (χ0n) is 15.2. The number of aliphatic carboxylic acids is 1. The lowest BCUT2D eigenvalue weighted by Gasteiger charge is -2.33. The summed E-state index contributed by atoms with van der Waals surface area (Å²) in [4.78, 5) is 26.5. The minimum absolute atomic E-state index is 0.174. The van der Waals surface area contributed by atoms with Gasteiger partial charge in [-0.3, -0.25) is 9.59 Å². The van der Waals surface area contributed by atoms with Crippen LogP contribution in [0.3, 0.4) is 0 Å². The molecule has 2 atom stereocenters. The summed E-state index contributed by atoms with van der Waals surface area (Å²) in [6.07, 6.45) is 0.435. The van der Waals surface area contributed by atoms with Crippen molar-refractivity contribution in [3.63, 3.8) is 0 Å². The number of likely N-dealkylation sites (tertiary alicyclic amines) is 1. The van der Waals surface area contributed by atoms with Crippen molar-refractivity contribution in [3.05, 3.63) is 23.8 Å². The summed E-state index contributed by atoms with van der Waals surface area (Å²) in [6, 6.07) is 5.09. The molecule has 0 radical (unpaired) electrons. The molecule has 2 heterocycles. The van der Waals surface area contributed by atoms with Gasteiger partial charge in [-0.05, 0) is 38.5 Å². The number of benzene rings is 1. The van der Waals surface area contributed by atoms with E-state index in [0.29, 0.717) is 56.5 Å². The van der Waals surface area contributed by atoms with Gasteiger partial charge in [-0.2, -0.15) is 0 Å². The molecule has 0 bridgehead atoms. The van der Waals surface area contributed by atoms with Gasteiger partial charge in [0, 0.05) is 31.2 Å². The minimum atomic E-state index is -0.901. The van der Waals surface area contributed by atoms with Crippen LogP contribution in [0.15, 0.2) is 18.2 Å². The molecule has 3 rings (SSSR count). The largest absolute Gasteiger partial charge is 0.490 e. The molecule has 7 nitrogen and oxygen atoms in total. The van der Waals surface area contributed by atoms with E-state index in [2.05, 4.69) is 0 Å². The van der Waals surface area contributed by atoms with E-state index in [0.717, 1.165) is 0 Å². The van der Waals surface area contributed by atoms with Crippen molar-refractivity contribution in [2.24, 2.45) is 11.3 Å². The number of hydrogen-bond donors (Lipinski definition) is 1. The molecule has 0 unspecified atom stereocenters. The van der Waals surface area contributed by atoms with Crippen molar-refractivity contribution in [1.29, 1.82) is 0 Å². The number of carboxylic acid groups (broad SMARTS) is 1. The molecule has 2 saturated heterocycles. The summed E-state index contributed by atoms with van der Waals surface area (Å²) >= 11 is 0. The second kappa shape index (κ2) is 7.53. The first kappa shape index (κ1) is 18.5. The Morgan fingerprint density at radius 1 is 1.27 bits per heavy atom. The van der Waals surface area contributed by atoms with Gasteiger partial charge in [0.05, 0.1) is 25.2 Å². The lowest BCUT2D eigenvalue weighted by Crippen LogP contribution is -2.45. The third kappa shape index (κ3) is 3.23. The van der Waals surface area contributed by atoms with Gasteiger partial charge in [0.15, 0.2) is 11.5 Å². The van der Waals surface area contributed by atoms with Crippen LogP contribution in [0.4, 0.5) is 0 Å². The summed E-state index contributed by atoms with van der Waals surface area (Å²) in [7, 11) is 0. The van der Waals surface area contributed by atoms with Crippen LogP contribution < -0.4 is 9.47 Å². The van der Waals surface area contributed by atoms with E-state index in [9.17, 15) is 14.7 Å². The molecule has 0 aromatic heterocycles. The Morgan fingerprint density at radius 3 is 2.65 bits per heavy atom. The molecule has 1 aromatic carbocycles. The number of carbonyl (C=O) groups is 2. The van der Waals surface area contributed by atoms with Crippen molar-refractivity contribution < 1.29 is 28.9 Å². The van der Waals surface area contributed by atoms with E-state index >= 15 is 0 Å². The van der Waals surface area contributed by atoms with Crippen molar-refractivity contribution in [3.8, 4) is 11.5 Å². The number of ether oxygens (including phenoxy) is 3. The van der Waals surface area contributed by atoms with E-state index in [1.807, 2.05) is 13.8 Å². The Kier molecular flexibility index (Phi) is 5.36. The summed E-state index contributed by atoms with van der Waals surface area (Å²) in [5.74, 6) is -0.0944. The fourth-order valence-electron chi connectivity index (χ4n) is 3.82. The Morgan fingerprint density at radius 2 is 2.00 bits per heavy atom.